The Hall–Kier alpha value is -0.0400. The second kappa shape index (κ2) is 14.3. The average Bonchev–Trinajstić information content (AvgIpc) is 3.62. The molecule has 17 unspecified atom stereocenters. The summed E-state index contributed by atoms with van der Waals surface area (Å²) in [7, 11) is 0. The van der Waals surface area contributed by atoms with Crippen LogP contribution < -0.4 is 0 Å². The fourth-order valence-electron chi connectivity index (χ4n) is 18.4. The highest BCUT2D eigenvalue weighted by Crippen LogP contribution is 2.78. The average molecular weight is 675 g/mol. The van der Waals surface area contributed by atoms with E-state index in [0.717, 1.165) is 107 Å². The summed E-state index contributed by atoms with van der Waals surface area (Å²) in [6.45, 7) is 21.1. The molecule has 0 amide bonds. The molecular formula is C48H82O. The van der Waals surface area contributed by atoms with E-state index in [9.17, 15) is 0 Å². The van der Waals surface area contributed by atoms with Gasteiger partial charge in [-0.25, -0.2) is 0 Å². The molecule has 0 aromatic rings. The number of ether oxygens (including phenoxy) is 1. The van der Waals surface area contributed by atoms with Gasteiger partial charge in [-0.2, -0.15) is 0 Å². The largest absolute Gasteiger partial charge is 0.374 e. The maximum Gasteiger partial charge on any atom is 0.0613 e. The van der Waals surface area contributed by atoms with Crippen molar-refractivity contribution in [2.45, 2.75) is 190 Å². The summed E-state index contributed by atoms with van der Waals surface area (Å²) in [4.78, 5) is 0. The van der Waals surface area contributed by atoms with Crippen molar-refractivity contribution >= 4 is 0 Å². The van der Waals surface area contributed by atoms with E-state index in [1.165, 1.54) is 77.0 Å². The summed E-state index contributed by atoms with van der Waals surface area (Å²) in [6, 6.07) is 0. The first-order chi connectivity index (χ1) is 23.8. The van der Waals surface area contributed by atoms with Gasteiger partial charge in [0.2, 0.25) is 0 Å². The Labute approximate surface area is 305 Å². The van der Waals surface area contributed by atoms with Crippen molar-refractivity contribution in [3.63, 3.8) is 0 Å². The van der Waals surface area contributed by atoms with Crippen molar-refractivity contribution in [3.8, 4) is 0 Å². The molecule has 280 valence electrons. The van der Waals surface area contributed by atoms with Crippen molar-refractivity contribution in [2.24, 2.45) is 112 Å². The Balaban J connectivity index is 1.31. The molecule has 8 aliphatic rings. The minimum Gasteiger partial charge on any atom is -0.374 e. The van der Waals surface area contributed by atoms with Crippen LogP contribution in [0.25, 0.3) is 0 Å². The third-order valence-electron chi connectivity index (χ3n) is 19.6. The molecule has 8 rings (SSSR count). The third-order valence-corrected chi connectivity index (χ3v) is 19.6. The van der Waals surface area contributed by atoms with Crippen molar-refractivity contribution < 1.29 is 4.74 Å². The maximum absolute atomic E-state index is 7.44. The van der Waals surface area contributed by atoms with Gasteiger partial charge in [0.15, 0.2) is 0 Å². The Bertz CT molecular complexity index is 1100. The van der Waals surface area contributed by atoms with Crippen LogP contribution in [0.5, 0.6) is 0 Å². The van der Waals surface area contributed by atoms with E-state index in [1.54, 1.807) is 44.9 Å². The number of fused-ring (bicyclic) bond motifs is 13. The first-order valence-corrected chi connectivity index (χ1v) is 23.4. The van der Waals surface area contributed by atoms with Crippen LogP contribution in [0, 0.1) is 112 Å². The van der Waals surface area contributed by atoms with Crippen LogP contribution in [0.1, 0.15) is 177 Å². The summed E-state index contributed by atoms with van der Waals surface area (Å²) < 4.78 is 7.44. The first kappa shape index (κ1) is 36.0. The highest BCUT2D eigenvalue weighted by molar-refractivity contribution is 5.21. The molecule has 0 N–H and O–H groups in total. The van der Waals surface area contributed by atoms with Gasteiger partial charge in [0.05, 0.1) is 12.2 Å². The molecule has 1 aliphatic heterocycles. The minimum atomic E-state index is 0.571. The van der Waals surface area contributed by atoms with E-state index in [4.69, 9.17) is 4.74 Å². The molecule has 1 heterocycles. The molecule has 0 bridgehead atoms. The lowest BCUT2D eigenvalue weighted by Crippen LogP contribution is -2.56. The van der Waals surface area contributed by atoms with Crippen LogP contribution in [0.15, 0.2) is 0 Å². The van der Waals surface area contributed by atoms with Gasteiger partial charge in [-0.3, -0.25) is 0 Å². The van der Waals surface area contributed by atoms with Crippen LogP contribution in [-0.2, 0) is 4.74 Å². The van der Waals surface area contributed by atoms with Crippen molar-refractivity contribution in [1.82, 2.24) is 0 Å². The highest BCUT2D eigenvalue weighted by Gasteiger charge is 2.73. The predicted octanol–water partition coefficient (Wildman–Crippen LogP) is 13.5. The topological polar surface area (TPSA) is 9.23 Å². The molecule has 7 aliphatic carbocycles. The minimum absolute atomic E-state index is 0.571. The van der Waals surface area contributed by atoms with E-state index in [2.05, 4.69) is 55.4 Å². The lowest BCUT2D eigenvalue weighted by atomic mass is 9.43. The lowest BCUT2D eigenvalue weighted by Gasteiger charge is -2.62. The summed E-state index contributed by atoms with van der Waals surface area (Å²) in [6.07, 6.45) is 29.7. The standard InChI is InChI=1S/C48H82O/c1-9-30(10-2)33-25-38(31(11-3)12-4)47(29(7)8)48(27-33)39-22-24-42-46(44-34-18-14-13-17-32(34)21-23-41(44)49-42)45(39)43-36-20-16-15-19-35(36)37(28(5)6)26-40(43)48/h28-47H,9-27H2,1-8H3. The van der Waals surface area contributed by atoms with Gasteiger partial charge in [-0.05, 0) is 176 Å². The van der Waals surface area contributed by atoms with Gasteiger partial charge in [0.1, 0.15) is 0 Å². The monoisotopic (exact) mass is 675 g/mol. The van der Waals surface area contributed by atoms with Gasteiger partial charge in [-0.15, -0.1) is 0 Å². The summed E-state index contributed by atoms with van der Waals surface area (Å²) in [5.41, 5.74) is 0.571. The zero-order chi connectivity index (χ0) is 34.2. The fraction of sp³-hybridized carbons (Fsp3) is 1.00. The third kappa shape index (κ3) is 5.56. The number of rotatable bonds is 8. The number of hydrogen-bond donors (Lipinski definition) is 0. The SMILES string of the molecule is CCC(CC)C1CC(C(CC)CC)C(C(C)C)C2(C1)C1CC(C(C)C)C3CCCCC3C1C1C3C(CCC12)OC1CCC2CCCCC2C13. The van der Waals surface area contributed by atoms with E-state index in [1.807, 2.05) is 0 Å². The van der Waals surface area contributed by atoms with E-state index in [0.29, 0.717) is 17.6 Å². The van der Waals surface area contributed by atoms with Crippen molar-refractivity contribution in [3.05, 3.63) is 0 Å². The zero-order valence-corrected chi connectivity index (χ0v) is 33.9. The molecule has 1 heteroatoms. The summed E-state index contributed by atoms with van der Waals surface area (Å²) in [5, 5.41) is 0. The molecule has 0 aromatic heterocycles. The quantitative estimate of drug-likeness (QED) is 0.249. The van der Waals surface area contributed by atoms with Crippen LogP contribution in [0.2, 0.25) is 0 Å². The molecular weight excluding hydrogens is 593 g/mol. The number of hydrogen-bond acceptors (Lipinski definition) is 1. The van der Waals surface area contributed by atoms with E-state index < -0.39 is 0 Å². The molecule has 1 saturated heterocycles. The lowest BCUT2D eigenvalue weighted by molar-refractivity contribution is -0.139. The van der Waals surface area contributed by atoms with E-state index in [-0.39, 0.29) is 0 Å². The Morgan fingerprint density at radius 3 is 1.84 bits per heavy atom. The van der Waals surface area contributed by atoms with Gasteiger partial charge in [0.25, 0.3) is 0 Å². The Morgan fingerprint density at radius 2 is 1.16 bits per heavy atom. The molecule has 0 radical (unpaired) electrons. The second-order valence-electron chi connectivity index (χ2n) is 21.3. The smallest absolute Gasteiger partial charge is 0.0613 e. The molecule has 8 fully saturated rings. The zero-order valence-electron chi connectivity index (χ0n) is 33.9. The van der Waals surface area contributed by atoms with Gasteiger partial charge in [0, 0.05) is 0 Å². The van der Waals surface area contributed by atoms with Gasteiger partial charge in [-0.1, -0.05) is 113 Å². The first-order valence-electron chi connectivity index (χ1n) is 23.4. The molecule has 1 spiro atoms. The Kier molecular flexibility index (Phi) is 10.5. The highest BCUT2D eigenvalue weighted by atomic mass is 16.5. The molecule has 49 heavy (non-hydrogen) atoms. The van der Waals surface area contributed by atoms with Gasteiger partial charge >= 0.3 is 0 Å². The van der Waals surface area contributed by atoms with Crippen LogP contribution in [0.3, 0.4) is 0 Å². The predicted molar refractivity (Wildman–Crippen MR) is 207 cm³/mol. The second-order valence-corrected chi connectivity index (χ2v) is 21.3. The fourth-order valence-corrected chi connectivity index (χ4v) is 18.4. The summed E-state index contributed by atoms with van der Waals surface area (Å²) >= 11 is 0. The summed E-state index contributed by atoms with van der Waals surface area (Å²) in [5.74, 6) is 17.1. The van der Waals surface area contributed by atoms with Crippen LogP contribution in [0.4, 0.5) is 0 Å². The van der Waals surface area contributed by atoms with E-state index >= 15 is 0 Å². The molecule has 17 atom stereocenters. The molecule has 7 saturated carbocycles. The van der Waals surface area contributed by atoms with Crippen LogP contribution >= 0.6 is 0 Å². The van der Waals surface area contributed by atoms with Crippen molar-refractivity contribution in [1.29, 1.82) is 0 Å². The van der Waals surface area contributed by atoms with Gasteiger partial charge < -0.3 is 4.74 Å². The normalized spacial score (nSPS) is 50.7. The Morgan fingerprint density at radius 1 is 0.531 bits per heavy atom. The maximum atomic E-state index is 7.44. The van der Waals surface area contributed by atoms with Crippen LogP contribution in [-0.4, -0.2) is 12.2 Å². The van der Waals surface area contributed by atoms with Crippen molar-refractivity contribution in [2.75, 3.05) is 0 Å². The molecule has 0 aromatic carbocycles. The molecule has 1 nitrogen and oxygen atoms in total.